The van der Waals surface area contributed by atoms with Gasteiger partial charge in [-0.05, 0) is 19.3 Å². The van der Waals surface area contributed by atoms with E-state index in [9.17, 15) is 0 Å². The van der Waals surface area contributed by atoms with Crippen molar-refractivity contribution in [3.8, 4) is 12.3 Å². The molecule has 2 heterocycles. The highest BCUT2D eigenvalue weighted by Gasteiger charge is 2.23. The van der Waals surface area contributed by atoms with Crippen LogP contribution in [0.4, 0.5) is 0 Å². The Kier molecular flexibility index (Phi) is 5.03. The lowest BCUT2D eigenvalue weighted by molar-refractivity contribution is 0.368. The molecule has 0 spiro atoms. The Balaban J connectivity index is 1.84. The van der Waals surface area contributed by atoms with E-state index in [0.29, 0.717) is 6.04 Å². The minimum atomic E-state index is 0.0946. The van der Waals surface area contributed by atoms with E-state index < -0.39 is 0 Å². The first kappa shape index (κ1) is 13.4. The molecule has 2 aliphatic heterocycles. The van der Waals surface area contributed by atoms with Crippen LogP contribution < -0.4 is 16.4 Å². The van der Waals surface area contributed by atoms with Gasteiger partial charge in [-0.2, -0.15) is 0 Å². The molecular formula is C14H24N4. The van der Waals surface area contributed by atoms with Gasteiger partial charge in [-0.15, -0.1) is 6.42 Å². The standard InChI is InChI=1S/C14H24N4/c1-2-11(10-17-14-8-5-9-16-14)12-6-3-4-7-13(15)18-12/h1,11-13,18H,3-10,15H2,(H,16,17). The van der Waals surface area contributed by atoms with Gasteiger partial charge < -0.3 is 11.1 Å². The van der Waals surface area contributed by atoms with Crippen LogP contribution in [0.1, 0.15) is 38.5 Å². The molecule has 2 aliphatic rings. The summed E-state index contributed by atoms with van der Waals surface area (Å²) in [5, 5.41) is 6.85. The van der Waals surface area contributed by atoms with Crippen LogP contribution in [0.3, 0.4) is 0 Å². The number of nitrogens with zero attached hydrogens (tertiary/aromatic N) is 1. The quantitative estimate of drug-likeness (QED) is 0.648. The summed E-state index contributed by atoms with van der Waals surface area (Å²) in [4.78, 5) is 4.41. The minimum Gasteiger partial charge on any atom is -0.373 e. The van der Waals surface area contributed by atoms with Crippen LogP contribution in [0.25, 0.3) is 0 Å². The fourth-order valence-corrected chi connectivity index (χ4v) is 2.72. The summed E-state index contributed by atoms with van der Waals surface area (Å²) in [5.74, 6) is 4.22. The van der Waals surface area contributed by atoms with Gasteiger partial charge >= 0.3 is 0 Å². The van der Waals surface area contributed by atoms with Crippen LogP contribution >= 0.6 is 0 Å². The van der Waals surface area contributed by atoms with Crippen LogP contribution in [0.5, 0.6) is 0 Å². The predicted molar refractivity (Wildman–Crippen MR) is 75.2 cm³/mol. The molecule has 1 saturated heterocycles. The average molecular weight is 248 g/mol. The molecule has 4 nitrogen and oxygen atoms in total. The number of rotatable bonds is 3. The van der Waals surface area contributed by atoms with Crippen LogP contribution in [-0.2, 0) is 0 Å². The van der Waals surface area contributed by atoms with E-state index >= 15 is 0 Å². The van der Waals surface area contributed by atoms with E-state index in [2.05, 4.69) is 21.5 Å². The van der Waals surface area contributed by atoms with Crippen molar-refractivity contribution in [2.75, 3.05) is 13.1 Å². The number of aliphatic imine (C=N–C) groups is 1. The Bertz CT molecular complexity index is 331. The van der Waals surface area contributed by atoms with Crippen molar-refractivity contribution >= 4 is 5.84 Å². The Hall–Kier alpha value is -1.05. The number of hydrogen-bond acceptors (Lipinski definition) is 4. The predicted octanol–water partition coefficient (Wildman–Crippen LogP) is 0.835. The summed E-state index contributed by atoms with van der Waals surface area (Å²) in [6.07, 6.45) is 12.6. The second-order valence-electron chi connectivity index (χ2n) is 5.25. The first-order chi connectivity index (χ1) is 8.79. The Morgan fingerprint density at radius 2 is 2.28 bits per heavy atom. The molecule has 0 bridgehead atoms. The molecule has 3 unspecified atom stereocenters. The van der Waals surface area contributed by atoms with Gasteiger partial charge in [0, 0.05) is 25.6 Å². The van der Waals surface area contributed by atoms with Crippen LogP contribution in [-0.4, -0.2) is 31.1 Å². The summed E-state index contributed by atoms with van der Waals surface area (Å²) in [7, 11) is 0. The molecule has 0 aromatic heterocycles. The van der Waals surface area contributed by atoms with E-state index in [1.54, 1.807) is 0 Å². The van der Waals surface area contributed by atoms with Gasteiger partial charge in [0.25, 0.3) is 0 Å². The lowest BCUT2D eigenvalue weighted by Gasteiger charge is -2.25. The van der Waals surface area contributed by atoms with E-state index in [1.807, 2.05) is 0 Å². The highest BCUT2D eigenvalue weighted by atomic mass is 15.1. The average Bonchev–Trinajstić information content (AvgIpc) is 2.79. The van der Waals surface area contributed by atoms with Gasteiger partial charge in [0.05, 0.1) is 17.9 Å². The zero-order valence-electron chi connectivity index (χ0n) is 11.0. The fraction of sp³-hybridized carbons (Fsp3) is 0.786. The van der Waals surface area contributed by atoms with Crippen LogP contribution in [0.15, 0.2) is 4.99 Å². The van der Waals surface area contributed by atoms with Crippen molar-refractivity contribution in [3.63, 3.8) is 0 Å². The molecule has 2 rings (SSSR count). The number of terminal acetylenes is 1. The van der Waals surface area contributed by atoms with Crippen molar-refractivity contribution in [1.82, 2.24) is 10.6 Å². The number of amidine groups is 1. The highest BCUT2D eigenvalue weighted by molar-refractivity contribution is 5.83. The molecule has 0 radical (unpaired) electrons. The third kappa shape index (κ3) is 3.72. The van der Waals surface area contributed by atoms with Gasteiger partial charge in [0.15, 0.2) is 0 Å². The van der Waals surface area contributed by atoms with Crippen molar-refractivity contribution < 1.29 is 0 Å². The Labute approximate surface area is 110 Å². The first-order valence-corrected chi connectivity index (χ1v) is 7.04. The third-order valence-electron chi connectivity index (χ3n) is 3.81. The number of nitrogens with one attached hydrogen (secondary N) is 2. The Morgan fingerprint density at radius 1 is 1.44 bits per heavy atom. The molecule has 3 atom stereocenters. The highest BCUT2D eigenvalue weighted by Crippen LogP contribution is 2.16. The van der Waals surface area contributed by atoms with E-state index in [4.69, 9.17) is 12.2 Å². The molecule has 0 aliphatic carbocycles. The molecule has 4 N–H and O–H groups in total. The zero-order valence-corrected chi connectivity index (χ0v) is 11.0. The van der Waals surface area contributed by atoms with Gasteiger partial charge in [-0.25, -0.2) is 0 Å². The summed E-state index contributed by atoms with van der Waals surface area (Å²) in [5.41, 5.74) is 6.01. The van der Waals surface area contributed by atoms with E-state index in [1.165, 1.54) is 12.8 Å². The van der Waals surface area contributed by atoms with Gasteiger partial charge in [0.1, 0.15) is 0 Å². The minimum absolute atomic E-state index is 0.0946. The molecule has 0 amide bonds. The van der Waals surface area contributed by atoms with Crippen LogP contribution in [0.2, 0.25) is 0 Å². The summed E-state index contributed by atoms with van der Waals surface area (Å²) in [6, 6.07) is 0.335. The summed E-state index contributed by atoms with van der Waals surface area (Å²) >= 11 is 0. The maximum atomic E-state index is 6.01. The lowest BCUT2D eigenvalue weighted by Crippen LogP contribution is -2.48. The van der Waals surface area contributed by atoms with Gasteiger partial charge in [-0.1, -0.05) is 18.8 Å². The molecule has 4 heteroatoms. The number of hydrogen-bond donors (Lipinski definition) is 3. The normalized spacial score (nSPS) is 30.1. The molecule has 100 valence electrons. The molecule has 18 heavy (non-hydrogen) atoms. The largest absolute Gasteiger partial charge is 0.373 e. The molecule has 0 saturated carbocycles. The molecule has 0 aromatic rings. The second kappa shape index (κ2) is 6.77. The maximum absolute atomic E-state index is 6.01. The molecule has 0 aromatic carbocycles. The van der Waals surface area contributed by atoms with Crippen LogP contribution in [0, 0.1) is 18.3 Å². The van der Waals surface area contributed by atoms with Gasteiger partial charge in [-0.3, -0.25) is 10.3 Å². The van der Waals surface area contributed by atoms with Crippen molar-refractivity contribution in [2.24, 2.45) is 16.6 Å². The van der Waals surface area contributed by atoms with E-state index in [0.717, 1.165) is 44.6 Å². The monoisotopic (exact) mass is 248 g/mol. The zero-order chi connectivity index (χ0) is 12.8. The smallest absolute Gasteiger partial charge is 0.0964 e. The van der Waals surface area contributed by atoms with Crippen molar-refractivity contribution in [2.45, 2.75) is 50.7 Å². The van der Waals surface area contributed by atoms with E-state index in [-0.39, 0.29) is 12.1 Å². The second-order valence-corrected chi connectivity index (χ2v) is 5.25. The van der Waals surface area contributed by atoms with Crippen molar-refractivity contribution in [1.29, 1.82) is 0 Å². The maximum Gasteiger partial charge on any atom is 0.0964 e. The van der Waals surface area contributed by atoms with Crippen molar-refractivity contribution in [3.05, 3.63) is 0 Å². The third-order valence-corrected chi connectivity index (χ3v) is 3.81. The van der Waals surface area contributed by atoms with Gasteiger partial charge in [0.2, 0.25) is 0 Å². The Morgan fingerprint density at radius 3 is 3.00 bits per heavy atom. The topological polar surface area (TPSA) is 62.4 Å². The number of nitrogens with two attached hydrogens (primary N) is 1. The summed E-state index contributed by atoms with van der Waals surface area (Å²) in [6.45, 7) is 1.76. The summed E-state index contributed by atoms with van der Waals surface area (Å²) < 4.78 is 0. The lowest BCUT2D eigenvalue weighted by atomic mass is 9.96. The SMILES string of the molecule is C#CC(CNC1=NCCC1)C1CCCCC(N)N1. The molecular weight excluding hydrogens is 224 g/mol. The fourth-order valence-electron chi connectivity index (χ4n) is 2.72. The first-order valence-electron chi connectivity index (χ1n) is 7.04. The molecule has 1 fully saturated rings.